The molecule has 4 aromatic rings. The van der Waals surface area contributed by atoms with Crippen molar-refractivity contribution in [1.82, 2.24) is 4.98 Å². The van der Waals surface area contributed by atoms with Gasteiger partial charge >= 0.3 is 0 Å². The highest BCUT2D eigenvalue weighted by molar-refractivity contribution is 5.95. The number of aromatic nitrogens is 1. The average molecular weight is 355 g/mol. The number of hydrogen-bond acceptors (Lipinski definition) is 2. The fourth-order valence-corrected chi connectivity index (χ4v) is 3.10. The molecule has 0 radical (unpaired) electrons. The maximum absolute atomic E-state index is 12.4. The van der Waals surface area contributed by atoms with E-state index in [1.165, 1.54) is 5.56 Å². The van der Waals surface area contributed by atoms with Crippen LogP contribution < -0.4 is 10.6 Å². The molecule has 0 saturated heterocycles. The largest absolute Gasteiger partial charge is 0.361 e. The fourth-order valence-electron chi connectivity index (χ4n) is 3.10. The Morgan fingerprint density at radius 2 is 1.48 bits per heavy atom. The van der Waals surface area contributed by atoms with E-state index < -0.39 is 0 Å². The summed E-state index contributed by atoms with van der Waals surface area (Å²) >= 11 is 0. The van der Waals surface area contributed by atoms with E-state index in [4.69, 9.17) is 0 Å². The summed E-state index contributed by atoms with van der Waals surface area (Å²) < 4.78 is 0. The van der Waals surface area contributed by atoms with Crippen molar-refractivity contribution in [2.75, 3.05) is 10.6 Å². The third-order valence-corrected chi connectivity index (χ3v) is 4.53. The Kier molecular flexibility index (Phi) is 4.62. The van der Waals surface area contributed by atoms with Gasteiger partial charge in [-0.05, 0) is 55.0 Å². The summed E-state index contributed by atoms with van der Waals surface area (Å²) in [6.45, 7) is 2.07. The van der Waals surface area contributed by atoms with Crippen molar-refractivity contribution in [3.8, 4) is 0 Å². The molecule has 1 aromatic heterocycles. The summed E-state index contributed by atoms with van der Waals surface area (Å²) in [6.07, 6.45) is 2.24. The van der Waals surface area contributed by atoms with Crippen LogP contribution in [0.3, 0.4) is 0 Å². The third kappa shape index (κ3) is 4.01. The summed E-state index contributed by atoms with van der Waals surface area (Å²) in [6, 6.07) is 24.0. The number of nitrogens with one attached hydrogen (secondary N) is 3. The van der Waals surface area contributed by atoms with Crippen LogP contribution in [0.5, 0.6) is 0 Å². The van der Waals surface area contributed by atoms with E-state index in [0.29, 0.717) is 6.42 Å². The van der Waals surface area contributed by atoms with Gasteiger partial charge in [0.25, 0.3) is 0 Å². The van der Waals surface area contributed by atoms with Gasteiger partial charge < -0.3 is 15.6 Å². The molecule has 0 spiro atoms. The van der Waals surface area contributed by atoms with E-state index in [2.05, 4.69) is 34.7 Å². The zero-order chi connectivity index (χ0) is 18.6. The van der Waals surface area contributed by atoms with Crippen molar-refractivity contribution >= 4 is 33.9 Å². The number of fused-ring (bicyclic) bond motifs is 1. The number of hydrogen-bond donors (Lipinski definition) is 3. The summed E-state index contributed by atoms with van der Waals surface area (Å²) in [7, 11) is 0. The van der Waals surface area contributed by atoms with E-state index in [1.54, 1.807) is 0 Å². The van der Waals surface area contributed by atoms with E-state index in [1.807, 2.05) is 66.9 Å². The van der Waals surface area contributed by atoms with Gasteiger partial charge in [-0.3, -0.25) is 4.79 Å². The van der Waals surface area contributed by atoms with Crippen LogP contribution >= 0.6 is 0 Å². The maximum atomic E-state index is 12.4. The number of H-pyrrole nitrogens is 1. The average Bonchev–Trinajstić information content (AvgIpc) is 3.08. The molecular weight excluding hydrogens is 334 g/mol. The quantitative estimate of drug-likeness (QED) is 0.449. The normalized spacial score (nSPS) is 10.7. The number of anilines is 3. The minimum Gasteiger partial charge on any atom is -0.361 e. The van der Waals surface area contributed by atoms with Gasteiger partial charge in [0.15, 0.2) is 0 Å². The molecule has 3 aromatic carbocycles. The Labute approximate surface area is 158 Å². The van der Waals surface area contributed by atoms with Crippen LogP contribution in [0.4, 0.5) is 17.1 Å². The van der Waals surface area contributed by atoms with Crippen molar-refractivity contribution in [2.24, 2.45) is 0 Å². The Balaban J connectivity index is 1.39. The van der Waals surface area contributed by atoms with Gasteiger partial charge in [0.05, 0.1) is 6.42 Å². The van der Waals surface area contributed by atoms with E-state index in [-0.39, 0.29) is 5.91 Å². The number of para-hydroxylation sites is 1. The topological polar surface area (TPSA) is 56.9 Å². The number of amides is 1. The highest BCUT2D eigenvalue weighted by atomic mass is 16.1. The summed E-state index contributed by atoms with van der Waals surface area (Å²) in [5.74, 6) is -0.0287. The number of aryl methyl sites for hydroxylation is 1. The van der Waals surface area contributed by atoms with Crippen LogP contribution in [0.2, 0.25) is 0 Å². The lowest BCUT2D eigenvalue weighted by atomic mass is 10.1. The Morgan fingerprint density at radius 3 is 2.22 bits per heavy atom. The van der Waals surface area contributed by atoms with E-state index >= 15 is 0 Å². The minimum atomic E-state index is -0.0287. The van der Waals surface area contributed by atoms with Crippen LogP contribution in [-0.2, 0) is 11.2 Å². The summed E-state index contributed by atoms with van der Waals surface area (Å²) in [5.41, 5.74) is 6.08. The van der Waals surface area contributed by atoms with Gasteiger partial charge in [-0.1, -0.05) is 35.9 Å². The first-order valence-electron chi connectivity index (χ1n) is 8.96. The summed E-state index contributed by atoms with van der Waals surface area (Å²) in [4.78, 5) is 15.6. The van der Waals surface area contributed by atoms with Gasteiger partial charge in [-0.25, -0.2) is 0 Å². The highest BCUT2D eigenvalue weighted by Gasteiger charge is 2.09. The molecule has 0 atom stereocenters. The lowest BCUT2D eigenvalue weighted by Crippen LogP contribution is -2.14. The second-order valence-corrected chi connectivity index (χ2v) is 6.65. The third-order valence-electron chi connectivity index (χ3n) is 4.53. The maximum Gasteiger partial charge on any atom is 0.228 e. The molecule has 3 N–H and O–H groups in total. The molecule has 0 unspecified atom stereocenters. The van der Waals surface area contributed by atoms with Crippen LogP contribution in [0.15, 0.2) is 79.0 Å². The predicted octanol–water partition coefficient (Wildman–Crippen LogP) is 5.40. The molecule has 0 fully saturated rings. The van der Waals surface area contributed by atoms with Crippen LogP contribution in [-0.4, -0.2) is 10.9 Å². The molecule has 0 bridgehead atoms. The van der Waals surface area contributed by atoms with Gasteiger partial charge in [-0.15, -0.1) is 0 Å². The second kappa shape index (κ2) is 7.38. The SMILES string of the molecule is Cc1ccc(Nc2ccc(NC(=O)Cc3c[nH]c4ccccc34)cc2)cc1. The molecule has 1 amide bonds. The molecule has 1 heterocycles. The Hall–Kier alpha value is -3.53. The molecule has 0 aliphatic carbocycles. The first-order valence-corrected chi connectivity index (χ1v) is 8.96. The molecule has 134 valence electrons. The molecule has 0 aliphatic rings. The molecular formula is C23H21N3O. The van der Waals surface area contributed by atoms with Crippen molar-refractivity contribution < 1.29 is 4.79 Å². The van der Waals surface area contributed by atoms with Gasteiger partial charge in [0, 0.05) is 34.2 Å². The zero-order valence-electron chi connectivity index (χ0n) is 15.1. The minimum absolute atomic E-state index is 0.0287. The van der Waals surface area contributed by atoms with Crippen molar-refractivity contribution in [1.29, 1.82) is 0 Å². The number of carbonyl (C=O) groups excluding carboxylic acids is 1. The number of benzene rings is 3. The molecule has 4 heteroatoms. The smallest absolute Gasteiger partial charge is 0.228 e. The number of aromatic amines is 1. The summed E-state index contributed by atoms with van der Waals surface area (Å²) in [5, 5.41) is 7.40. The van der Waals surface area contributed by atoms with Gasteiger partial charge in [0.1, 0.15) is 0 Å². The number of carbonyl (C=O) groups is 1. The lowest BCUT2D eigenvalue weighted by Gasteiger charge is -2.09. The van der Waals surface area contributed by atoms with E-state index in [0.717, 1.165) is 33.5 Å². The molecule has 4 rings (SSSR count). The Bertz CT molecular complexity index is 1060. The van der Waals surface area contributed by atoms with Crippen LogP contribution in [0.1, 0.15) is 11.1 Å². The predicted molar refractivity (Wildman–Crippen MR) is 112 cm³/mol. The fraction of sp³-hybridized carbons (Fsp3) is 0.0870. The molecule has 27 heavy (non-hydrogen) atoms. The first-order chi connectivity index (χ1) is 13.2. The van der Waals surface area contributed by atoms with Gasteiger partial charge in [-0.2, -0.15) is 0 Å². The van der Waals surface area contributed by atoms with Crippen LogP contribution in [0, 0.1) is 6.92 Å². The monoisotopic (exact) mass is 355 g/mol. The zero-order valence-corrected chi connectivity index (χ0v) is 15.1. The van der Waals surface area contributed by atoms with Crippen molar-refractivity contribution in [3.05, 3.63) is 90.1 Å². The Morgan fingerprint density at radius 1 is 0.852 bits per heavy atom. The van der Waals surface area contributed by atoms with E-state index in [9.17, 15) is 4.79 Å². The van der Waals surface area contributed by atoms with Crippen molar-refractivity contribution in [3.63, 3.8) is 0 Å². The first kappa shape index (κ1) is 16.9. The molecule has 4 nitrogen and oxygen atoms in total. The lowest BCUT2D eigenvalue weighted by molar-refractivity contribution is -0.115. The van der Waals surface area contributed by atoms with Crippen LogP contribution in [0.25, 0.3) is 10.9 Å². The second-order valence-electron chi connectivity index (χ2n) is 6.65. The number of rotatable bonds is 5. The molecule has 0 aliphatic heterocycles. The van der Waals surface area contributed by atoms with Crippen molar-refractivity contribution in [2.45, 2.75) is 13.3 Å². The molecule has 0 saturated carbocycles. The van der Waals surface area contributed by atoms with Gasteiger partial charge in [0.2, 0.25) is 5.91 Å². The standard InChI is InChI=1S/C23H21N3O/c1-16-6-8-18(9-7-16)25-19-10-12-20(13-11-19)26-23(27)14-17-15-24-22-5-3-2-4-21(17)22/h2-13,15,24-25H,14H2,1H3,(H,26,27). The highest BCUT2D eigenvalue weighted by Crippen LogP contribution is 2.21.